The molecule has 0 radical (unpaired) electrons. The van der Waals surface area contributed by atoms with Gasteiger partial charge in [-0.1, -0.05) is 48.2 Å². The van der Waals surface area contributed by atoms with Gasteiger partial charge in [-0.3, -0.25) is 9.69 Å². The number of thioether (sulfide) groups is 1. The van der Waals surface area contributed by atoms with E-state index >= 15 is 0 Å². The molecule has 1 N–H and O–H groups in total. The van der Waals surface area contributed by atoms with E-state index in [1.807, 2.05) is 13.0 Å². The van der Waals surface area contributed by atoms with E-state index in [0.717, 1.165) is 26.1 Å². The summed E-state index contributed by atoms with van der Waals surface area (Å²) in [4.78, 5) is 14.9. The van der Waals surface area contributed by atoms with Crippen LogP contribution in [0.25, 0.3) is 0 Å². The van der Waals surface area contributed by atoms with Crippen molar-refractivity contribution in [3.8, 4) is 0 Å². The van der Waals surface area contributed by atoms with Gasteiger partial charge in [0.2, 0.25) is 11.1 Å². The Morgan fingerprint density at radius 1 is 1.46 bits per heavy atom. The van der Waals surface area contributed by atoms with E-state index in [4.69, 9.17) is 0 Å². The summed E-state index contributed by atoms with van der Waals surface area (Å²) in [6.07, 6.45) is 2.70. The highest BCUT2D eigenvalue weighted by Gasteiger charge is 2.26. The quantitative estimate of drug-likeness (QED) is 0.562. The van der Waals surface area contributed by atoms with Crippen LogP contribution in [-0.2, 0) is 17.9 Å². The highest BCUT2D eigenvalue weighted by molar-refractivity contribution is 8.00. The molecular weight excluding hydrogens is 348 g/mol. The molecule has 8 heteroatoms. The molecule has 0 unspecified atom stereocenters. The van der Waals surface area contributed by atoms with Crippen molar-refractivity contribution in [2.24, 2.45) is 0 Å². The second-order valence-corrected chi connectivity index (χ2v) is 7.72. The van der Waals surface area contributed by atoms with Gasteiger partial charge in [-0.25, -0.2) is 4.68 Å². The largest absolute Gasteiger partial charge is 0.351 e. The Morgan fingerprint density at radius 3 is 3.04 bits per heavy atom. The number of rotatable bonds is 8. The van der Waals surface area contributed by atoms with Crippen LogP contribution in [-0.4, -0.2) is 55.4 Å². The number of nitrogens with zero attached hydrogens (tertiary/aromatic N) is 5. The van der Waals surface area contributed by atoms with E-state index in [9.17, 15) is 4.79 Å². The molecule has 1 fully saturated rings. The Hall–Kier alpha value is -2.19. The molecule has 26 heavy (non-hydrogen) atoms. The van der Waals surface area contributed by atoms with Crippen molar-refractivity contribution in [3.05, 3.63) is 48.6 Å². The number of benzene rings is 1. The molecule has 2 aromatic rings. The van der Waals surface area contributed by atoms with Crippen molar-refractivity contribution in [2.45, 2.75) is 42.9 Å². The zero-order chi connectivity index (χ0) is 18.4. The molecule has 1 aromatic carbocycles. The second-order valence-electron chi connectivity index (χ2n) is 6.41. The van der Waals surface area contributed by atoms with Gasteiger partial charge in [-0.05, 0) is 29.3 Å². The van der Waals surface area contributed by atoms with Crippen LogP contribution in [0.4, 0.5) is 0 Å². The number of carbonyl (C=O) groups is 1. The predicted octanol–water partition coefficient (Wildman–Crippen LogP) is 1.73. The zero-order valence-corrected chi connectivity index (χ0v) is 15.7. The Kier molecular flexibility index (Phi) is 6.40. The molecule has 138 valence electrons. The standard InChI is InChI=1S/C18H24N6OS/c1-3-10-24-18(20-21-22-24)26-14(2)17(25)19-16-9-11-23(13-16)12-15-7-5-4-6-8-15/h3-8,14,16H,1,9-13H2,2H3,(H,19,25)/t14-,16+/m1/s1. The molecule has 3 rings (SSSR count). The Morgan fingerprint density at radius 2 is 2.27 bits per heavy atom. The number of allylic oxidation sites excluding steroid dienone is 1. The molecule has 0 bridgehead atoms. The van der Waals surface area contributed by atoms with E-state index in [1.165, 1.54) is 17.3 Å². The van der Waals surface area contributed by atoms with Crippen LogP contribution < -0.4 is 5.32 Å². The lowest BCUT2D eigenvalue weighted by molar-refractivity contribution is -0.120. The van der Waals surface area contributed by atoms with E-state index < -0.39 is 0 Å². The van der Waals surface area contributed by atoms with E-state index in [-0.39, 0.29) is 17.2 Å². The van der Waals surface area contributed by atoms with Crippen LogP contribution in [0.3, 0.4) is 0 Å². The summed E-state index contributed by atoms with van der Waals surface area (Å²) in [5.41, 5.74) is 1.30. The van der Waals surface area contributed by atoms with Crippen molar-refractivity contribution < 1.29 is 4.79 Å². The molecular formula is C18H24N6OS. The zero-order valence-electron chi connectivity index (χ0n) is 14.9. The average molecular weight is 372 g/mol. The molecule has 0 saturated carbocycles. The lowest BCUT2D eigenvalue weighted by Gasteiger charge is -2.18. The lowest BCUT2D eigenvalue weighted by Crippen LogP contribution is -2.40. The van der Waals surface area contributed by atoms with E-state index in [0.29, 0.717) is 11.7 Å². The summed E-state index contributed by atoms with van der Waals surface area (Å²) in [7, 11) is 0. The van der Waals surface area contributed by atoms with Crippen LogP contribution in [0.1, 0.15) is 18.9 Å². The first-order chi connectivity index (χ1) is 12.7. The first kappa shape index (κ1) is 18.6. The van der Waals surface area contributed by atoms with Gasteiger partial charge in [0, 0.05) is 25.7 Å². The van der Waals surface area contributed by atoms with Gasteiger partial charge in [0.25, 0.3) is 0 Å². The minimum absolute atomic E-state index is 0.0229. The number of likely N-dealkylation sites (tertiary alicyclic amines) is 1. The maximum absolute atomic E-state index is 12.5. The highest BCUT2D eigenvalue weighted by Crippen LogP contribution is 2.21. The molecule has 1 amide bonds. The van der Waals surface area contributed by atoms with Crippen molar-refractivity contribution in [3.63, 3.8) is 0 Å². The highest BCUT2D eigenvalue weighted by atomic mass is 32.2. The number of aromatic nitrogens is 4. The van der Waals surface area contributed by atoms with Crippen LogP contribution in [0, 0.1) is 0 Å². The summed E-state index contributed by atoms with van der Waals surface area (Å²) in [5, 5.41) is 15.1. The Labute approximate surface area is 157 Å². The Balaban J connectivity index is 1.47. The van der Waals surface area contributed by atoms with Gasteiger partial charge in [-0.15, -0.1) is 11.7 Å². The second kappa shape index (κ2) is 8.95. The third kappa shape index (κ3) is 4.92. The summed E-state index contributed by atoms with van der Waals surface area (Å²) in [5.74, 6) is 0.0229. The fourth-order valence-corrected chi connectivity index (χ4v) is 3.79. The molecule has 2 atom stereocenters. The third-order valence-electron chi connectivity index (χ3n) is 4.32. The van der Waals surface area contributed by atoms with Gasteiger partial charge in [0.05, 0.1) is 11.8 Å². The van der Waals surface area contributed by atoms with Crippen molar-refractivity contribution in [1.82, 2.24) is 30.4 Å². The summed E-state index contributed by atoms with van der Waals surface area (Å²) in [6, 6.07) is 10.6. The molecule has 1 aromatic heterocycles. The SMILES string of the molecule is C=CCn1nnnc1S[C@H](C)C(=O)N[C@H]1CCN(Cc2ccccc2)C1. The molecule has 7 nitrogen and oxygen atoms in total. The normalized spacial score (nSPS) is 18.6. The van der Waals surface area contributed by atoms with Crippen LogP contribution in [0.15, 0.2) is 48.1 Å². The number of hydrogen-bond acceptors (Lipinski definition) is 6. The van der Waals surface area contributed by atoms with E-state index in [2.05, 4.69) is 56.6 Å². The molecule has 0 spiro atoms. The molecule has 2 heterocycles. The first-order valence-corrected chi connectivity index (χ1v) is 9.64. The third-order valence-corrected chi connectivity index (χ3v) is 5.39. The molecule has 1 aliphatic rings. The topological polar surface area (TPSA) is 75.9 Å². The summed E-state index contributed by atoms with van der Waals surface area (Å²) >= 11 is 1.37. The van der Waals surface area contributed by atoms with Gasteiger partial charge in [0.1, 0.15) is 0 Å². The molecule has 1 aliphatic heterocycles. The summed E-state index contributed by atoms with van der Waals surface area (Å²) < 4.78 is 1.64. The van der Waals surface area contributed by atoms with Gasteiger partial charge >= 0.3 is 0 Å². The van der Waals surface area contributed by atoms with Crippen molar-refractivity contribution in [2.75, 3.05) is 13.1 Å². The van der Waals surface area contributed by atoms with Crippen molar-refractivity contribution >= 4 is 17.7 Å². The van der Waals surface area contributed by atoms with Crippen LogP contribution in [0.2, 0.25) is 0 Å². The number of carbonyl (C=O) groups excluding carboxylic acids is 1. The van der Waals surface area contributed by atoms with Gasteiger partial charge in [-0.2, -0.15) is 0 Å². The monoisotopic (exact) mass is 372 g/mol. The first-order valence-electron chi connectivity index (χ1n) is 8.76. The fourth-order valence-electron chi connectivity index (χ4n) is 2.98. The molecule has 0 aliphatic carbocycles. The van der Waals surface area contributed by atoms with Crippen molar-refractivity contribution in [1.29, 1.82) is 0 Å². The van der Waals surface area contributed by atoms with Crippen LogP contribution in [0.5, 0.6) is 0 Å². The minimum atomic E-state index is -0.257. The number of amides is 1. The number of hydrogen-bond donors (Lipinski definition) is 1. The van der Waals surface area contributed by atoms with Gasteiger partial charge < -0.3 is 5.32 Å². The minimum Gasteiger partial charge on any atom is -0.351 e. The smallest absolute Gasteiger partial charge is 0.233 e. The van der Waals surface area contributed by atoms with Gasteiger partial charge in [0.15, 0.2) is 0 Å². The van der Waals surface area contributed by atoms with Crippen LogP contribution >= 0.6 is 11.8 Å². The maximum atomic E-state index is 12.5. The maximum Gasteiger partial charge on any atom is 0.233 e. The lowest BCUT2D eigenvalue weighted by atomic mass is 10.2. The molecule has 1 saturated heterocycles. The van der Waals surface area contributed by atoms with E-state index in [1.54, 1.807) is 10.8 Å². The number of tetrazole rings is 1. The average Bonchev–Trinajstić information content (AvgIpc) is 3.26. The number of nitrogens with one attached hydrogen (secondary N) is 1. The Bertz CT molecular complexity index is 734. The fraction of sp³-hybridized carbons (Fsp3) is 0.444. The summed E-state index contributed by atoms with van der Waals surface area (Å²) in [6.45, 7) is 8.90. The predicted molar refractivity (Wildman–Crippen MR) is 102 cm³/mol.